The van der Waals surface area contributed by atoms with Gasteiger partial charge in [0.15, 0.2) is 0 Å². The van der Waals surface area contributed by atoms with Crippen molar-refractivity contribution >= 4 is 41.7 Å². The minimum absolute atomic E-state index is 0. The summed E-state index contributed by atoms with van der Waals surface area (Å²) in [7, 11) is 0. The molecular formula is C20H19Na. The maximum absolute atomic E-state index is 2.38. The Bertz CT molecular complexity index is 650. The van der Waals surface area contributed by atoms with E-state index in [1.807, 2.05) is 0 Å². The van der Waals surface area contributed by atoms with E-state index in [1.54, 1.807) is 0 Å². The van der Waals surface area contributed by atoms with Gasteiger partial charge in [0.1, 0.15) is 0 Å². The number of allylic oxidation sites excluding steroid dienone is 2. The Morgan fingerprint density at radius 3 is 1.62 bits per heavy atom. The Morgan fingerprint density at radius 2 is 1.14 bits per heavy atom. The average molecular weight is 282 g/mol. The maximum atomic E-state index is 2.38. The van der Waals surface area contributed by atoms with Gasteiger partial charge < -0.3 is 0 Å². The zero-order chi connectivity index (χ0) is 13.5. The molecule has 2 unspecified atom stereocenters. The summed E-state index contributed by atoms with van der Waals surface area (Å²) in [5, 5.41) is 0. The van der Waals surface area contributed by atoms with Crippen LogP contribution in [0.15, 0.2) is 60.7 Å². The summed E-state index contributed by atoms with van der Waals surface area (Å²) >= 11 is 0. The second-order valence-corrected chi connectivity index (χ2v) is 5.89. The molecule has 100 valence electrons. The molecule has 0 saturated heterocycles. The Morgan fingerprint density at radius 1 is 0.714 bits per heavy atom. The molecule has 0 aliphatic heterocycles. The van der Waals surface area contributed by atoms with Crippen molar-refractivity contribution < 1.29 is 0 Å². The van der Waals surface area contributed by atoms with E-state index in [0.29, 0.717) is 17.8 Å². The number of fused-ring (bicyclic) bond motifs is 2. The van der Waals surface area contributed by atoms with Gasteiger partial charge in [0, 0.05) is 11.8 Å². The molecule has 2 atom stereocenters. The molecule has 0 nitrogen and oxygen atoms in total. The molecule has 2 aromatic rings. The van der Waals surface area contributed by atoms with Crippen LogP contribution in [0.1, 0.15) is 41.0 Å². The minimum atomic E-state index is 0. The van der Waals surface area contributed by atoms with E-state index < -0.39 is 0 Å². The Balaban J connectivity index is 0.00000132. The van der Waals surface area contributed by atoms with Crippen molar-refractivity contribution in [2.45, 2.75) is 18.8 Å². The molecule has 0 amide bonds. The number of benzene rings is 2. The summed E-state index contributed by atoms with van der Waals surface area (Å²) in [4.78, 5) is 0. The first-order chi connectivity index (χ1) is 9.84. The Labute approximate surface area is 148 Å². The number of hydrogen-bond acceptors (Lipinski definition) is 0. The van der Waals surface area contributed by atoms with Gasteiger partial charge in [0.2, 0.25) is 0 Å². The third kappa shape index (κ3) is 2.46. The molecule has 1 heteroatoms. The van der Waals surface area contributed by atoms with Crippen LogP contribution in [-0.2, 0) is 0 Å². The van der Waals surface area contributed by atoms with Gasteiger partial charge in [0.05, 0.1) is 0 Å². The Hall–Kier alpha value is -1.08. The van der Waals surface area contributed by atoms with Crippen LogP contribution in [0.5, 0.6) is 0 Å². The van der Waals surface area contributed by atoms with Crippen LogP contribution in [0.25, 0.3) is 12.2 Å². The van der Waals surface area contributed by atoms with Crippen LogP contribution in [0.3, 0.4) is 0 Å². The van der Waals surface area contributed by atoms with Gasteiger partial charge >= 0.3 is 29.6 Å². The van der Waals surface area contributed by atoms with Gasteiger partial charge in [-0.3, -0.25) is 0 Å². The summed E-state index contributed by atoms with van der Waals surface area (Å²) in [5.74, 6) is 1.66. The second kappa shape index (κ2) is 5.96. The van der Waals surface area contributed by atoms with Crippen molar-refractivity contribution in [1.82, 2.24) is 0 Å². The zero-order valence-corrected chi connectivity index (χ0v) is 11.7. The van der Waals surface area contributed by atoms with Gasteiger partial charge in [-0.1, -0.05) is 79.8 Å². The predicted octanol–water partition coefficient (Wildman–Crippen LogP) is 4.60. The molecule has 0 N–H and O–H groups in total. The molecule has 0 spiro atoms. The molecule has 2 aliphatic rings. The van der Waals surface area contributed by atoms with Crippen molar-refractivity contribution in [3.63, 3.8) is 0 Å². The molecule has 0 radical (unpaired) electrons. The van der Waals surface area contributed by atoms with Crippen molar-refractivity contribution in [2.24, 2.45) is 5.92 Å². The van der Waals surface area contributed by atoms with E-state index in [0.717, 1.165) is 0 Å². The fourth-order valence-electron chi connectivity index (χ4n) is 3.69. The molecule has 4 rings (SSSR count). The number of hydrogen-bond donors (Lipinski definition) is 0. The van der Waals surface area contributed by atoms with Crippen molar-refractivity contribution in [3.8, 4) is 0 Å². The monoisotopic (exact) mass is 282 g/mol. The van der Waals surface area contributed by atoms with Crippen molar-refractivity contribution in [2.75, 3.05) is 0 Å². The molecule has 0 fully saturated rings. The molecular weight excluding hydrogens is 263 g/mol. The Kier molecular flexibility index (Phi) is 4.21. The van der Waals surface area contributed by atoms with E-state index >= 15 is 0 Å². The first-order valence-electron chi connectivity index (χ1n) is 7.39. The molecule has 2 aliphatic carbocycles. The topological polar surface area (TPSA) is 0 Å². The molecule has 21 heavy (non-hydrogen) atoms. The number of rotatable bonds is 2. The van der Waals surface area contributed by atoms with Gasteiger partial charge in [-0.25, -0.2) is 0 Å². The first-order valence-corrected chi connectivity index (χ1v) is 7.39. The first kappa shape index (κ1) is 14.8. The van der Waals surface area contributed by atoms with Crippen LogP contribution in [-0.4, -0.2) is 29.6 Å². The fourth-order valence-corrected chi connectivity index (χ4v) is 3.69. The van der Waals surface area contributed by atoms with Gasteiger partial charge in [-0.05, 0) is 28.2 Å². The zero-order valence-electron chi connectivity index (χ0n) is 11.7. The van der Waals surface area contributed by atoms with Crippen molar-refractivity contribution in [1.29, 1.82) is 0 Å². The van der Waals surface area contributed by atoms with Crippen LogP contribution in [0.4, 0.5) is 0 Å². The van der Waals surface area contributed by atoms with Gasteiger partial charge in [-0.15, -0.1) is 0 Å². The molecule has 2 aromatic carbocycles. The molecule has 0 saturated carbocycles. The molecule has 0 aromatic heterocycles. The summed E-state index contributed by atoms with van der Waals surface area (Å²) in [6, 6.07) is 17.6. The SMILES string of the molecule is CC(C1C=Cc2ccccc21)C1C=Cc2ccccc21.[NaH]. The van der Waals surface area contributed by atoms with E-state index in [-0.39, 0.29) is 29.6 Å². The van der Waals surface area contributed by atoms with E-state index in [9.17, 15) is 0 Å². The van der Waals surface area contributed by atoms with E-state index in [1.165, 1.54) is 22.3 Å². The summed E-state index contributed by atoms with van der Waals surface area (Å²) in [5.41, 5.74) is 5.75. The van der Waals surface area contributed by atoms with Crippen molar-refractivity contribution in [3.05, 3.63) is 82.9 Å². The van der Waals surface area contributed by atoms with Gasteiger partial charge in [-0.2, -0.15) is 0 Å². The van der Waals surface area contributed by atoms with E-state index in [4.69, 9.17) is 0 Å². The molecule has 0 bridgehead atoms. The third-order valence-electron chi connectivity index (χ3n) is 4.81. The van der Waals surface area contributed by atoms with Gasteiger partial charge in [0.25, 0.3) is 0 Å². The normalized spacial score (nSPS) is 22.5. The molecule has 0 heterocycles. The third-order valence-corrected chi connectivity index (χ3v) is 4.81. The van der Waals surface area contributed by atoms with E-state index in [2.05, 4.69) is 79.8 Å². The van der Waals surface area contributed by atoms with Crippen LogP contribution < -0.4 is 0 Å². The summed E-state index contributed by atoms with van der Waals surface area (Å²) in [6.45, 7) is 2.38. The summed E-state index contributed by atoms with van der Waals surface area (Å²) < 4.78 is 0. The fraction of sp³-hybridized carbons (Fsp3) is 0.200. The summed E-state index contributed by atoms with van der Waals surface area (Å²) in [6.07, 6.45) is 9.32. The van der Waals surface area contributed by atoms with Crippen LogP contribution in [0.2, 0.25) is 0 Å². The standard InChI is InChI=1S/C20H18.Na.H/c1-14(17-12-10-15-6-2-4-8-19(15)17)18-13-11-16-7-3-5-9-20(16)18;;/h2-14,17-18H,1H3;;. The van der Waals surface area contributed by atoms with Crippen LogP contribution >= 0.6 is 0 Å². The second-order valence-electron chi connectivity index (χ2n) is 5.89. The average Bonchev–Trinajstić information content (AvgIpc) is 3.11. The quantitative estimate of drug-likeness (QED) is 0.706. The predicted molar refractivity (Wildman–Crippen MR) is 92.7 cm³/mol. The van der Waals surface area contributed by atoms with Crippen LogP contribution in [0, 0.1) is 5.92 Å².